The highest BCUT2D eigenvalue weighted by Crippen LogP contribution is 2.17. The third-order valence-electron chi connectivity index (χ3n) is 4.43. The van der Waals surface area contributed by atoms with Crippen molar-refractivity contribution in [3.05, 3.63) is 89.4 Å². The molecule has 1 N–H and O–H groups in total. The predicted molar refractivity (Wildman–Crippen MR) is 107 cm³/mol. The van der Waals surface area contributed by atoms with E-state index in [-0.39, 0.29) is 6.61 Å². The van der Waals surface area contributed by atoms with E-state index in [1.807, 2.05) is 12.1 Å². The number of benzene rings is 2. The van der Waals surface area contributed by atoms with Crippen LogP contribution in [0.2, 0.25) is 0 Å². The van der Waals surface area contributed by atoms with Gasteiger partial charge >= 0.3 is 0 Å². The first kappa shape index (κ1) is 19.9. The molecule has 146 valence electrons. The van der Waals surface area contributed by atoms with Gasteiger partial charge in [-0.1, -0.05) is 42.0 Å². The van der Waals surface area contributed by atoms with Gasteiger partial charge in [-0.25, -0.2) is 0 Å². The van der Waals surface area contributed by atoms with Crippen molar-refractivity contribution in [1.82, 2.24) is 4.90 Å². The van der Waals surface area contributed by atoms with Gasteiger partial charge in [0.25, 0.3) is 0 Å². The van der Waals surface area contributed by atoms with Crippen molar-refractivity contribution in [3.8, 4) is 5.75 Å². The Morgan fingerprint density at radius 3 is 2.57 bits per heavy atom. The average molecular weight is 379 g/mol. The van der Waals surface area contributed by atoms with E-state index < -0.39 is 6.10 Å². The third-order valence-corrected chi connectivity index (χ3v) is 4.43. The highest BCUT2D eigenvalue weighted by atomic mass is 16.5. The van der Waals surface area contributed by atoms with Gasteiger partial charge in [0.05, 0.1) is 18.4 Å². The van der Waals surface area contributed by atoms with Crippen LogP contribution in [0.1, 0.15) is 27.2 Å². The van der Waals surface area contributed by atoms with Gasteiger partial charge in [-0.3, -0.25) is 9.69 Å². The Morgan fingerprint density at radius 1 is 1.07 bits per heavy atom. The molecule has 2 aromatic carbocycles. The molecular formula is C23H25NO4. The lowest BCUT2D eigenvalue weighted by Gasteiger charge is -2.24. The lowest BCUT2D eigenvalue weighted by molar-refractivity contribution is 0.0601. The quantitative estimate of drug-likeness (QED) is 0.542. The number of ether oxygens (including phenoxy) is 1. The first-order valence-electron chi connectivity index (χ1n) is 9.29. The van der Waals surface area contributed by atoms with Crippen molar-refractivity contribution in [2.75, 3.05) is 13.2 Å². The molecule has 0 radical (unpaired) electrons. The minimum Gasteiger partial charge on any atom is -0.490 e. The summed E-state index contributed by atoms with van der Waals surface area (Å²) in [5.41, 5.74) is 2.85. The van der Waals surface area contributed by atoms with E-state index in [2.05, 4.69) is 36.1 Å². The van der Waals surface area contributed by atoms with Gasteiger partial charge in [-0.05, 0) is 36.8 Å². The molecule has 3 rings (SSSR count). The summed E-state index contributed by atoms with van der Waals surface area (Å²) < 4.78 is 11.1. The first-order chi connectivity index (χ1) is 13.6. The molecule has 0 amide bonds. The fourth-order valence-electron chi connectivity index (χ4n) is 3.01. The van der Waals surface area contributed by atoms with E-state index in [0.717, 1.165) is 17.6 Å². The van der Waals surface area contributed by atoms with Crippen LogP contribution in [0.5, 0.6) is 5.75 Å². The molecule has 0 aliphatic heterocycles. The molecule has 1 atom stereocenters. The minimum absolute atomic E-state index is 0.105. The number of hydrogen-bond acceptors (Lipinski definition) is 5. The van der Waals surface area contributed by atoms with Crippen LogP contribution in [0.4, 0.5) is 0 Å². The third kappa shape index (κ3) is 5.81. The van der Waals surface area contributed by atoms with E-state index in [9.17, 15) is 9.90 Å². The molecule has 3 aromatic rings. The number of furan rings is 1. The van der Waals surface area contributed by atoms with E-state index >= 15 is 0 Å². The molecule has 5 heteroatoms. The Morgan fingerprint density at radius 2 is 1.86 bits per heavy atom. The average Bonchev–Trinajstić information content (AvgIpc) is 3.21. The fourth-order valence-corrected chi connectivity index (χ4v) is 3.01. The summed E-state index contributed by atoms with van der Waals surface area (Å²) in [7, 11) is 0. The van der Waals surface area contributed by atoms with Gasteiger partial charge in [0.15, 0.2) is 6.29 Å². The van der Waals surface area contributed by atoms with Gasteiger partial charge in [0.2, 0.25) is 0 Å². The summed E-state index contributed by atoms with van der Waals surface area (Å²) in [5, 5.41) is 10.5. The van der Waals surface area contributed by atoms with Crippen LogP contribution in [0, 0.1) is 6.92 Å². The normalized spacial score (nSPS) is 12.1. The van der Waals surface area contributed by atoms with Gasteiger partial charge in [-0.15, -0.1) is 0 Å². The topological polar surface area (TPSA) is 62.9 Å². The molecule has 5 nitrogen and oxygen atoms in total. The number of carbonyl (C=O) groups is 1. The molecule has 0 saturated heterocycles. The zero-order chi connectivity index (χ0) is 19.8. The van der Waals surface area contributed by atoms with Crippen molar-refractivity contribution in [2.45, 2.75) is 26.1 Å². The summed E-state index contributed by atoms with van der Waals surface area (Å²) in [6.45, 7) is 3.85. The Hall–Kier alpha value is -2.89. The Labute approximate surface area is 165 Å². The lowest BCUT2D eigenvalue weighted by atomic mass is 10.1. The van der Waals surface area contributed by atoms with Crippen LogP contribution < -0.4 is 4.74 Å². The number of hydrogen-bond donors (Lipinski definition) is 1. The summed E-state index contributed by atoms with van der Waals surface area (Å²) in [5.74, 6) is 1.32. The van der Waals surface area contributed by atoms with E-state index in [4.69, 9.17) is 9.15 Å². The Balaban J connectivity index is 1.62. The number of nitrogens with zero attached hydrogens (tertiary/aromatic N) is 1. The monoisotopic (exact) mass is 379 g/mol. The van der Waals surface area contributed by atoms with Crippen molar-refractivity contribution >= 4 is 6.29 Å². The summed E-state index contributed by atoms with van der Waals surface area (Å²) in [6.07, 6.45) is 1.69. The SMILES string of the molecule is Cc1ccc(CN(Cc2ccco2)CC(O)COc2ccccc2C=O)cc1. The number of para-hydroxylation sites is 1. The molecule has 0 saturated carbocycles. The predicted octanol–water partition coefficient (Wildman–Crippen LogP) is 3.84. The zero-order valence-corrected chi connectivity index (χ0v) is 16.0. The van der Waals surface area contributed by atoms with Crippen LogP contribution in [0.15, 0.2) is 71.3 Å². The number of aldehydes is 1. The van der Waals surface area contributed by atoms with Crippen molar-refractivity contribution in [3.63, 3.8) is 0 Å². The molecule has 28 heavy (non-hydrogen) atoms. The molecule has 1 aromatic heterocycles. The molecule has 1 unspecified atom stereocenters. The minimum atomic E-state index is -0.708. The second kappa shape index (κ2) is 9.88. The summed E-state index contributed by atoms with van der Waals surface area (Å²) >= 11 is 0. The molecule has 0 bridgehead atoms. The van der Waals surface area contributed by atoms with Gasteiger partial charge in [0.1, 0.15) is 24.2 Å². The summed E-state index contributed by atoms with van der Waals surface area (Å²) in [4.78, 5) is 13.2. The van der Waals surface area contributed by atoms with Crippen molar-refractivity contribution < 1.29 is 19.1 Å². The molecule has 0 spiro atoms. The lowest BCUT2D eigenvalue weighted by Crippen LogP contribution is -2.35. The molecule has 0 fully saturated rings. The smallest absolute Gasteiger partial charge is 0.153 e. The standard InChI is InChI=1S/C23H25NO4/c1-18-8-10-19(11-9-18)13-24(15-22-6-4-12-27-22)14-21(26)17-28-23-7-3-2-5-20(23)16-25/h2-12,16,21,26H,13-15,17H2,1H3. The number of carbonyl (C=O) groups excluding carboxylic acids is 1. The van der Waals surface area contributed by atoms with Gasteiger partial charge in [-0.2, -0.15) is 0 Å². The maximum atomic E-state index is 11.1. The van der Waals surface area contributed by atoms with Gasteiger partial charge in [0, 0.05) is 13.1 Å². The van der Waals surface area contributed by atoms with Crippen LogP contribution in [0.25, 0.3) is 0 Å². The molecule has 0 aliphatic rings. The number of aliphatic hydroxyl groups is 1. The number of rotatable bonds is 10. The van der Waals surface area contributed by atoms with E-state index in [1.165, 1.54) is 5.56 Å². The maximum absolute atomic E-state index is 11.1. The zero-order valence-electron chi connectivity index (χ0n) is 16.0. The fraction of sp³-hybridized carbons (Fsp3) is 0.261. The molecule has 1 heterocycles. The second-order valence-electron chi connectivity index (χ2n) is 6.86. The van der Waals surface area contributed by atoms with Crippen LogP contribution in [-0.2, 0) is 13.1 Å². The molecular weight excluding hydrogens is 354 g/mol. The second-order valence-corrected chi connectivity index (χ2v) is 6.86. The van der Waals surface area contributed by atoms with Crippen molar-refractivity contribution in [1.29, 1.82) is 0 Å². The van der Waals surface area contributed by atoms with E-state index in [0.29, 0.717) is 30.9 Å². The highest BCUT2D eigenvalue weighted by Gasteiger charge is 2.15. The maximum Gasteiger partial charge on any atom is 0.153 e. The van der Waals surface area contributed by atoms with Crippen LogP contribution in [-0.4, -0.2) is 35.5 Å². The Bertz CT molecular complexity index is 859. The van der Waals surface area contributed by atoms with Crippen LogP contribution >= 0.6 is 0 Å². The van der Waals surface area contributed by atoms with E-state index in [1.54, 1.807) is 30.5 Å². The van der Waals surface area contributed by atoms with Crippen molar-refractivity contribution in [2.24, 2.45) is 0 Å². The largest absolute Gasteiger partial charge is 0.490 e. The van der Waals surface area contributed by atoms with Gasteiger partial charge < -0.3 is 14.3 Å². The highest BCUT2D eigenvalue weighted by molar-refractivity contribution is 5.79. The molecule has 0 aliphatic carbocycles. The number of aliphatic hydroxyl groups excluding tert-OH is 1. The first-order valence-corrected chi connectivity index (χ1v) is 9.29. The Kier molecular flexibility index (Phi) is 7.00. The summed E-state index contributed by atoms with van der Waals surface area (Å²) in [6, 6.07) is 19.1. The number of aryl methyl sites for hydroxylation is 1. The van der Waals surface area contributed by atoms with Crippen LogP contribution in [0.3, 0.4) is 0 Å².